The molecule has 0 aliphatic heterocycles. The average Bonchev–Trinajstić information content (AvgIpc) is 3.24. The van der Waals surface area contributed by atoms with E-state index in [1.807, 2.05) is 6.08 Å². The van der Waals surface area contributed by atoms with E-state index in [0.29, 0.717) is 12.8 Å². The fourth-order valence-electron chi connectivity index (χ4n) is 6.44. The van der Waals surface area contributed by atoms with E-state index in [-0.39, 0.29) is 31.6 Å². The lowest BCUT2D eigenvalue weighted by Crippen LogP contribution is -2.30. The summed E-state index contributed by atoms with van der Waals surface area (Å²) in [6, 6.07) is 0. The summed E-state index contributed by atoms with van der Waals surface area (Å²) < 4.78 is 16.6. The van der Waals surface area contributed by atoms with Gasteiger partial charge in [0.05, 0.1) is 6.42 Å². The number of carbonyl (C=O) groups is 3. The highest BCUT2D eigenvalue weighted by atomic mass is 16.6. The molecule has 0 bridgehead atoms. The number of esters is 3. The highest BCUT2D eigenvalue weighted by molar-refractivity contribution is 5.72. The lowest BCUT2D eigenvalue weighted by atomic mass is 10.1. The van der Waals surface area contributed by atoms with Crippen LogP contribution in [-0.4, -0.2) is 37.2 Å². The third kappa shape index (κ3) is 45.7. The van der Waals surface area contributed by atoms with Crippen LogP contribution in [0.3, 0.4) is 0 Å². The number of carbonyl (C=O) groups excluding carboxylic acids is 3. The topological polar surface area (TPSA) is 78.9 Å². The van der Waals surface area contributed by atoms with E-state index in [9.17, 15) is 14.4 Å². The first-order chi connectivity index (χ1) is 29.5. The largest absolute Gasteiger partial charge is 0.462 e. The molecule has 0 heterocycles. The maximum absolute atomic E-state index is 12.8. The van der Waals surface area contributed by atoms with Gasteiger partial charge < -0.3 is 14.2 Å². The summed E-state index contributed by atoms with van der Waals surface area (Å²) >= 11 is 0. The molecule has 0 aliphatic carbocycles. The van der Waals surface area contributed by atoms with Crippen molar-refractivity contribution in [2.45, 2.75) is 226 Å². The maximum Gasteiger partial charge on any atom is 0.309 e. The summed E-state index contributed by atoms with van der Waals surface area (Å²) in [5.41, 5.74) is 0. The molecule has 0 N–H and O–H groups in total. The van der Waals surface area contributed by atoms with Gasteiger partial charge in [-0.15, -0.1) is 0 Å². The Balaban J connectivity index is 4.54. The zero-order chi connectivity index (χ0) is 43.7. The Morgan fingerprint density at radius 2 is 0.717 bits per heavy atom. The maximum atomic E-state index is 12.8. The molecule has 1 unspecified atom stereocenters. The first-order valence-electron chi connectivity index (χ1n) is 24.6. The number of hydrogen-bond donors (Lipinski definition) is 0. The van der Waals surface area contributed by atoms with Crippen molar-refractivity contribution >= 4 is 17.9 Å². The zero-order valence-electron chi connectivity index (χ0n) is 38.9. The Kier molecular flexibility index (Phi) is 45.5. The Bertz CT molecular complexity index is 1190. The minimum atomic E-state index is -0.822. The van der Waals surface area contributed by atoms with Crippen molar-refractivity contribution in [2.24, 2.45) is 0 Å². The van der Waals surface area contributed by atoms with Gasteiger partial charge in [-0.25, -0.2) is 0 Å². The SMILES string of the molecule is CC/C=C\C/C=C\C/C=C\C/C=C\C/C=C\CC(=O)OCC(COC(=O)CCCCCCC/C=C\CCCCC)OC(=O)CCCCCCC/C=C\CCCCCCCC. The van der Waals surface area contributed by atoms with Crippen LogP contribution in [-0.2, 0) is 28.6 Å². The molecule has 0 aromatic carbocycles. The number of rotatable bonds is 43. The second-order valence-electron chi connectivity index (χ2n) is 16.0. The lowest BCUT2D eigenvalue weighted by Gasteiger charge is -2.18. The monoisotopic (exact) mass is 835 g/mol. The van der Waals surface area contributed by atoms with E-state index >= 15 is 0 Å². The summed E-state index contributed by atoms with van der Waals surface area (Å²) in [5, 5.41) is 0. The van der Waals surface area contributed by atoms with Gasteiger partial charge in [0.1, 0.15) is 13.2 Å². The number of hydrogen-bond acceptors (Lipinski definition) is 6. The van der Waals surface area contributed by atoms with E-state index < -0.39 is 12.1 Å². The van der Waals surface area contributed by atoms with Gasteiger partial charge in [-0.2, -0.15) is 0 Å². The van der Waals surface area contributed by atoms with Crippen molar-refractivity contribution in [2.75, 3.05) is 13.2 Å². The molecule has 0 rings (SSSR count). The van der Waals surface area contributed by atoms with Crippen LogP contribution in [0.15, 0.2) is 85.1 Å². The second kappa shape index (κ2) is 48.3. The molecule has 0 spiro atoms. The van der Waals surface area contributed by atoms with Crippen molar-refractivity contribution in [3.05, 3.63) is 85.1 Å². The second-order valence-corrected chi connectivity index (χ2v) is 16.0. The summed E-state index contributed by atoms with van der Waals surface area (Å²) in [4.78, 5) is 37.8. The summed E-state index contributed by atoms with van der Waals surface area (Å²) in [5.74, 6) is -1.07. The van der Waals surface area contributed by atoms with Crippen LogP contribution in [0.2, 0.25) is 0 Å². The van der Waals surface area contributed by atoms with Gasteiger partial charge in [-0.1, -0.05) is 189 Å². The van der Waals surface area contributed by atoms with E-state index in [1.165, 1.54) is 83.5 Å². The van der Waals surface area contributed by atoms with Gasteiger partial charge >= 0.3 is 17.9 Å². The van der Waals surface area contributed by atoms with Crippen LogP contribution >= 0.6 is 0 Å². The minimum Gasteiger partial charge on any atom is -0.462 e. The molecular formula is C54H90O6. The molecule has 0 saturated heterocycles. The van der Waals surface area contributed by atoms with E-state index in [4.69, 9.17) is 14.2 Å². The molecule has 60 heavy (non-hydrogen) atoms. The van der Waals surface area contributed by atoms with Gasteiger partial charge in [0.2, 0.25) is 0 Å². The van der Waals surface area contributed by atoms with Crippen molar-refractivity contribution in [3.63, 3.8) is 0 Å². The van der Waals surface area contributed by atoms with Gasteiger partial charge in [0.15, 0.2) is 6.10 Å². The van der Waals surface area contributed by atoms with E-state index in [0.717, 1.165) is 96.3 Å². The Morgan fingerprint density at radius 3 is 1.18 bits per heavy atom. The lowest BCUT2D eigenvalue weighted by molar-refractivity contribution is -0.166. The standard InChI is InChI=1S/C54H90O6/c1-4-7-10-13-16-19-22-25-27-29-32-35-38-41-44-47-53(56)59-50-51(49-58-52(55)46-43-40-37-34-31-24-21-18-15-12-9-6-3)60-54(57)48-45-42-39-36-33-30-28-26-23-20-17-14-11-8-5-2/h7,10,16,18-19,21,25-28,32,35,41,44,51H,4-6,8-9,11-15,17,20,22-24,29-31,33-34,36-40,42-43,45-50H2,1-3H3/b10-7-,19-16-,21-18-,27-25-,28-26-,35-32-,44-41-. The van der Waals surface area contributed by atoms with Gasteiger partial charge in [-0.3, -0.25) is 14.4 Å². The molecule has 6 nitrogen and oxygen atoms in total. The quantitative estimate of drug-likeness (QED) is 0.0263. The Hall–Kier alpha value is -3.41. The molecule has 0 saturated carbocycles. The molecule has 342 valence electrons. The van der Waals surface area contributed by atoms with Crippen molar-refractivity contribution < 1.29 is 28.6 Å². The smallest absolute Gasteiger partial charge is 0.309 e. The van der Waals surface area contributed by atoms with Crippen LogP contribution in [0.4, 0.5) is 0 Å². The van der Waals surface area contributed by atoms with E-state index in [2.05, 4.69) is 93.7 Å². The van der Waals surface area contributed by atoms with Gasteiger partial charge in [-0.05, 0) is 96.3 Å². The van der Waals surface area contributed by atoms with Crippen molar-refractivity contribution in [1.29, 1.82) is 0 Å². The highest BCUT2D eigenvalue weighted by Crippen LogP contribution is 2.13. The third-order valence-electron chi connectivity index (χ3n) is 10.1. The van der Waals surface area contributed by atoms with Gasteiger partial charge in [0.25, 0.3) is 0 Å². The normalized spacial score (nSPS) is 12.8. The van der Waals surface area contributed by atoms with E-state index in [1.54, 1.807) is 6.08 Å². The predicted molar refractivity (Wildman–Crippen MR) is 256 cm³/mol. The van der Waals surface area contributed by atoms with Crippen molar-refractivity contribution in [1.82, 2.24) is 0 Å². The molecule has 0 aliphatic rings. The van der Waals surface area contributed by atoms with Crippen molar-refractivity contribution in [3.8, 4) is 0 Å². The average molecular weight is 835 g/mol. The summed E-state index contributed by atoms with van der Waals surface area (Å²) in [6.45, 7) is 6.38. The van der Waals surface area contributed by atoms with Gasteiger partial charge in [0, 0.05) is 12.8 Å². The van der Waals surface area contributed by atoms with Crippen LogP contribution in [0.5, 0.6) is 0 Å². The number of ether oxygens (including phenoxy) is 3. The number of allylic oxidation sites excluding steroid dienone is 13. The third-order valence-corrected chi connectivity index (χ3v) is 10.1. The highest BCUT2D eigenvalue weighted by Gasteiger charge is 2.19. The Morgan fingerprint density at radius 1 is 0.367 bits per heavy atom. The molecule has 0 radical (unpaired) electrons. The van der Waals surface area contributed by atoms with Crippen LogP contribution in [0.1, 0.15) is 220 Å². The fraction of sp³-hybridized carbons (Fsp3) is 0.685. The molecule has 6 heteroatoms. The molecule has 1 atom stereocenters. The minimum absolute atomic E-state index is 0.115. The summed E-state index contributed by atoms with van der Waals surface area (Å²) in [6.07, 6.45) is 61.6. The van der Waals surface area contributed by atoms with Crippen LogP contribution < -0.4 is 0 Å². The first-order valence-corrected chi connectivity index (χ1v) is 24.6. The summed E-state index contributed by atoms with van der Waals surface area (Å²) in [7, 11) is 0. The van der Waals surface area contributed by atoms with Crippen LogP contribution in [0.25, 0.3) is 0 Å². The van der Waals surface area contributed by atoms with Crippen LogP contribution in [0, 0.1) is 0 Å². The number of unbranched alkanes of at least 4 members (excludes halogenated alkanes) is 19. The molecule has 0 aromatic heterocycles. The zero-order valence-corrected chi connectivity index (χ0v) is 38.9. The molecular weight excluding hydrogens is 745 g/mol. The molecule has 0 amide bonds. The Labute approximate surface area is 369 Å². The predicted octanol–water partition coefficient (Wildman–Crippen LogP) is 16.0. The fourth-order valence-corrected chi connectivity index (χ4v) is 6.44. The molecule has 0 aromatic rings. The molecule has 0 fully saturated rings. The first kappa shape index (κ1) is 56.6.